The summed E-state index contributed by atoms with van der Waals surface area (Å²) >= 11 is 0. The number of benzene rings is 4. The number of nitrogens with zero attached hydrogens (tertiary/aromatic N) is 2. The summed E-state index contributed by atoms with van der Waals surface area (Å²) in [4.78, 5) is 53.5. The zero-order chi connectivity index (χ0) is 24.4. The first-order chi connectivity index (χ1) is 17.0. The Hall–Kier alpha value is -4.40. The highest BCUT2D eigenvalue weighted by Crippen LogP contribution is 2.36. The summed E-state index contributed by atoms with van der Waals surface area (Å²) in [5.74, 6) is -1.63. The van der Waals surface area contributed by atoms with Crippen LogP contribution in [0, 0.1) is 0 Å². The summed E-state index contributed by atoms with van der Waals surface area (Å²) in [7, 11) is 0. The van der Waals surface area contributed by atoms with Gasteiger partial charge >= 0.3 is 0 Å². The molecule has 4 aromatic carbocycles. The van der Waals surface area contributed by atoms with Gasteiger partial charge in [-0.15, -0.1) is 0 Å². The molecule has 0 saturated heterocycles. The summed E-state index contributed by atoms with van der Waals surface area (Å²) in [5, 5.41) is 2.85. The number of amides is 4. The highest BCUT2D eigenvalue weighted by Gasteiger charge is 2.34. The van der Waals surface area contributed by atoms with Crippen LogP contribution in [0.2, 0.25) is 0 Å². The molecule has 8 heteroatoms. The van der Waals surface area contributed by atoms with Crippen molar-refractivity contribution in [1.82, 2.24) is 9.80 Å². The second-order valence-corrected chi connectivity index (χ2v) is 8.62. The zero-order valence-electron chi connectivity index (χ0n) is 18.6. The van der Waals surface area contributed by atoms with Crippen LogP contribution in [-0.2, 0) is 6.42 Å². The SMILES string of the molecule is NCN1C(=O)c2cccc3c(Cc4ccc5c6c(cccc46)C(=O)N(CN)C5=O)ccc(c23)C1=O. The van der Waals surface area contributed by atoms with Crippen molar-refractivity contribution in [2.75, 3.05) is 13.3 Å². The Labute approximate surface area is 199 Å². The summed E-state index contributed by atoms with van der Waals surface area (Å²) in [5.41, 5.74) is 14.9. The molecule has 0 aromatic heterocycles. The Morgan fingerprint density at radius 2 is 0.886 bits per heavy atom. The molecule has 0 aliphatic carbocycles. The molecule has 6 rings (SSSR count). The smallest absolute Gasteiger partial charge is 0.262 e. The molecule has 4 amide bonds. The lowest BCUT2D eigenvalue weighted by atomic mass is 9.86. The van der Waals surface area contributed by atoms with Crippen molar-refractivity contribution in [2.45, 2.75) is 6.42 Å². The van der Waals surface area contributed by atoms with Gasteiger partial charge in [-0.05, 0) is 52.6 Å². The van der Waals surface area contributed by atoms with E-state index in [1.807, 2.05) is 24.3 Å². The number of rotatable bonds is 4. The fraction of sp³-hybridized carbons (Fsp3) is 0.111. The molecule has 2 aliphatic heterocycles. The zero-order valence-corrected chi connectivity index (χ0v) is 18.6. The number of hydrogen-bond acceptors (Lipinski definition) is 6. The van der Waals surface area contributed by atoms with Gasteiger partial charge in [0.1, 0.15) is 0 Å². The van der Waals surface area contributed by atoms with E-state index in [1.165, 1.54) is 0 Å². The van der Waals surface area contributed by atoms with Crippen LogP contribution in [-0.4, -0.2) is 46.8 Å². The summed E-state index contributed by atoms with van der Waals surface area (Å²) in [6.07, 6.45) is 0.479. The molecule has 4 N–H and O–H groups in total. The van der Waals surface area contributed by atoms with E-state index < -0.39 is 23.6 Å². The molecule has 0 atom stereocenters. The largest absolute Gasteiger partial charge is 0.313 e. The highest BCUT2D eigenvalue weighted by atomic mass is 16.2. The molecule has 0 saturated carbocycles. The van der Waals surface area contributed by atoms with Gasteiger partial charge in [0.05, 0.1) is 13.3 Å². The third kappa shape index (κ3) is 2.81. The molecular formula is C27H20N4O4. The average Bonchev–Trinajstić information content (AvgIpc) is 2.87. The predicted octanol–water partition coefficient (Wildman–Crippen LogP) is 2.61. The van der Waals surface area contributed by atoms with Crippen molar-refractivity contribution in [2.24, 2.45) is 11.5 Å². The van der Waals surface area contributed by atoms with Crippen LogP contribution >= 0.6 is 0 Å². The number of carbonyl (C=O) groups excluding carboxylic acids is 4. The Morgan fingerprint density at radius 1 is 0.514 bits per heavy atom. The van der Waals surface area contributed by atoms with E-state index in [-0.39, 0.29) is 13.3 Å². The maximum absolute atomic E-state index is 12.9. The maximum Gasteiger partial charge on any atom is 0.262 e. The van der Waals surface area contributed by atoms with Gasteiger partial charge in [0.15, 0.2) is 0 Å². The lowest BCUT2D eigenvalue weighted by Gasteiger charge is -2.27. The third-order valence-corrected chi connectivity index (χ3v) is 6.91. The highest BCUT2D eigenvalue weighted by molar-refractivity contribution is 6.27. The van der Waals surface area contributed by atoms with Crippen molar-refractivity contribution >= 4 is 45.2 Å². The van der Waals surface area contributed by atoms with Gasteiger partial charge in [0.2, 0.25) is 0 Å². The molecule has 0 bridgehead atoms. The van der Waals surface area contributed by atoms with Crippen LogP contribution in [0.3, 0.4) is 0 Å². The average molecular weight is 464 g/mol. The van der Waals surface area contributed by atoms with Gasteiger partial charge in [-0.1, -0.05) is 36.4 Å². The first-order valence-corrected chi connectivity index (χ1v) is 11.2. The predicted molar refractivity (Wildman–Crippen MR) is 130 cm³/mol. The number of imide groups is 2. The Bertz CT molecular complexity index is 1480. The van der Waals surface area contributed by atoms with Crippen LogP contribution in [0.15, 0.2) is 60.7 Å². The molecule has 0 spiro atoms. The van der Waals surface area contributed by atoms with Gasteiger partial charge in [0.25, 0.3) is 23.6 Å². The van der Waals surface area contributed by atoms with Crippen LogP contribution in [0.25, 0.3) is 21.5 Å². The van der Waals surface area contributed by atoms with Crippen molar-refractivity contribution in [3.05, 3.63) is 94.0 Å². The van der Waals surface area contributed by atoms with Crippen LogP contribution in [0.4, 0.5) is 0 Å². The molecule has 0 unspecified atom stereocenters. The molecule has 4 aromatic rings. The fourth-order valence-electron chi connectivity index (χ4n) is 5.26. The van der Waals surface area contributed by atoms with Gasteiger partial charge in [-0.2, -0.15) is 0 Å². The van der Waals surface area contributed by atoms with Crippen LogP contribution in [0.1, 0.15) is 52.6 Å². The molecule has 35 heavy (non-hydrogen) atoms. The lowest BCUT2D eigenvalue weighted by Crippen LogP contribution is -2.43. The monoisotopic (exact) mass is 464 g/mol. The van der Waals surface area contributed by atoms with Gasteiger partial charge in [0, 0.05) is 33.0 Å². The molecule has 2 aliphatic rings. The second kappa shape index (κ2) is 7.56. The molecule has 0 radical (unpaired) electrons. The minimum atomic E-state index is -0.407. The van der Waals surface area contributed by atoms with E-state index in [9.17, 15) is 19.2 Å². The minimum Gasteiger partial charge on any atom is -0.313 e. The first-order valence-electron chi connectivity index (χ1n) is 11.2. The molecule has 2 heterocycles. The van der Waals surface area contributed by atoms with E-state index in [2.05, 4.69) is 0 Å². The van der Waals surface area contributed by atoms with Crippen molar-refractivity contribution in [3.63, 3.8) is 0 Å². The number of hydrogen-bond donors (Lipinski definition) is 2. The molecule has 172 valence electrons. The van der Waals surface area contributed by atoms with Gasteiger partial charge in [-0.3, -0.25) is 29.0 Å². The molecule has 0 fully saturated rings. The van der Waals surface area contributed by atoms with Crippen LogP contribution in [0.5, 0.6) is 0 Å². The standard InChI is InChI=1S/C27H20N4O4/c28-12-30-24(32)18-5-1-3-16-14(7-9-20(22(16)18)26(30)34)11-15-8-10-21-23-17(15)4-2-6-19(23)25(33)31(13-29)27(21)35/h1-10H,11-13,28-29H2. The van der Waals surface area contributed by atoms with E-state index in [1.54, 1.807) is 36.4 Å². The minimum absolute atomic E-state index is 0.186. The van der Waals surface area contributed by atoms with Crippen molar-refractivity contribution < 1.29 is 19.2 Å². The second-order valence-electron chi connectivity index (χ2n) is 8.62. The number of nitrogens with two attached hydrogens (primary N) is 2. The van der Waals surface area contributed by atoms with Gasteiger partial charge in [-0.25, -0.2) is 0 Å². The van der Waals surface area contributed by atoms with E-state index >= 15 is 0 Å². The Kier molecular flexibility index (Phi) is 4.57. The first kappa shape index (κ1) is 21.2. The fourth-order valence-corrected chi connectivity index (χ4v) is 5.26. The van der Waals surface area contributed by atoms with E-state index in [0.29, 0.717) is 39.4 Å². The van der Waals surface area contributed by atoms with Crippen molar-refractivity contribution in [1.29, 1.82) is 0 Å². The molecule has 8 nitrogen and oxygen atoms in total. The summed E-state index contributed by atoms with van der Waals surface area (Å²) in [6.45, 7) is -0.371. The van der Waals surface area contributed by atoms with E-state index in [0.717, 1.165) is 31.7 Å². The normalized spacial score (nSPS) is 15.0. The summed E-state index contributed by atoms with van der Waals surface area (Å²) in [6, 6.07) is 18.0. The topological polar surface area (TPSA) is 127 Å². The molecular weight excluding hydrogens is 444 g/mol. The quantitative estimate of drug-likeness (QED) is 0.447. The number of carbonyl (C=O) groups is 4. The van der Waals surface area contributed by atoms with E-state index in [4.69, 9.17) is 11.5 Å². The van der Waals surface area contributed by atoms with Gasteiger partial charge < -0.3 is 11.5 Å². The van der Waals surface area contributed by atoms with Crippen LogP contribution < -0.4 is 11.5 Å². The lowest BCUT2D eigenvalue weighted by molar-refractivity contribution is 0.0599. The summed E-state index contributed by atoms with van der Waals surface area (Å²) < 4.78 is 0. The Morgan fingerprint density at radius 3 is 1.26 bits per heavy atom. The maximum atomic E-state index is 12.9. The Balaban J connectivity index is 1.53. The third-order valence-electron chi connectivity index (χ3n) is 6.91. The van der Waals surface area contributed by atoms with Crippen molar-refractivity contribution in [3.8, 4) is 0 Å².